The summed E-state index contributed by atoms with van der Waals surface area (Å²) in [7, 11) is 0. The fraction of sp³-hybridized carbons (Fsp3) is 0.636. The highest BCUT2D eigenvalue weighted by atomic mass is 16.5. The van der Waals surface area contributed by atoms with Gasteiger partial charge in [0.05, 0.1) is 17.1 Å². The van der Waals surface area contributed by atoms with Crippen molar-refractivity contribution in [2.45, 2.75) is 39.2 Å². The molecule has 1 amide bonds. The van der Waals surface area contributed by atoms with Crippen LogP contribution in [0.5, 0.6) is 0 Å². The molecule has 0 radical (unpaired) electrons. The summed E-state index contributed by atoms with van der Waals surface area (Å²) in [6.07, 6.45) is 2.61. The van der Waals surface area contributed by atoms with Crippen molar-refractivity contribution in [3.05, 3.63) is 11.4 Å². The van der Waals surface area contributed by atoms with Gasteiger partial charge < -0.3 is 10.1 Å². The summed E-state index contributed by atoms with van der Waals surface area (Å²) in [5.74, 6) is -0.0627. The van der Waals surface area contributed by atoms with Gasteiger partial charge in [0.1, 0.15) is 6.10 Å². The van der Waals surface area contributed by atoms with Crippen molar-refractivity contribution in [2.24, 2.45) is 0 Å². The zero-order valence-electron chi connectivity index (χ0n) is 9.67. The van der Waals surface area contributed by atoms with Crippen LogP contribution in [0.3, 0.4) is 0 Å². The van der Waals surface area contributed by atoms with Crippen LogP contribution in [-0.2, 0) is 9.53 Å². The standard InChI is InChI=1S/C11H17N3O2/c1-7-10(8(2)14-13-7)12-11(15)9-5-3-4-6-16-9/h9H,3-6H2,1-2H3,(H,12,15)(H,13,14). The molecule has 1 aromatic rings. The highest BCUT2D eigenvalue weighted by Crippen LogP contribution is 2.19. The van der Waals surface area contributed by atoms with Crippen LogP contribution in [0.25, 0.3) is 0 Å². The van der Waals surface area contributed by atoms with Crippen LogP contribution < -0.4 is 5.32 Å². The second-order valence-corrected chi connectivity index (χ2v) is 4.15. The van der Waals surface area contributed by atoms with Gasteiger partial charge in [-0.2, -0.15) is 5.10 Å². The Hall–Kier alpha value is -1.36. The lowest BCUT2D eigenvalue weighted by molar-refractivity contribution is -0.129. The number of hydrogen-bond acceptors (Lipinski definition) is 3. The van der Waals surface area contributed by atoms with E-state index in [4.69, 9.17) is 4.74 Å². The van der Waals surface area contributed by atoms with Gasteiger partial charge >= 0.3 is 0 Å². The molecule has 2 N–H and O–H groups in total. The second kappa shape index (κ2) is 4.65. The van der Waals surface area contributed by atoms with Gasteiger partial charge in [-0.05, 0) is 33.1 Å². The minimum absolute atomic E-state index is 0.0627. The van der Waals surface area contributed by atoms with Crippen LogP contribution in [-0.4, -0.2) is 28.8 Å². The van der Waals surface area contributed by atoms with Crippen molar-refractivity contribution in [2.75, 3.05) is 11.9 Å². The predicted molar refractivity (Wildman–Crippen MR) is 60.3 cm³/mol. The van der Waals surface area contributed by atoms with E-state index in [1.54, 1.807) is 0 Å². The molecule has 0 saturated carbocycles. The number of rotatable bonds is 2. The van der Waals surface area contributed by atoms with E-state index in [2.05, 4.69) is 15.5 Å². The molecule has 1 unspecified atom stereocenters. The van der Waals surface area contributed by atoms with E-state index in [-0.39, 0.29) is 12.0 Å². The molecule has 5 heteroatoms. The largest absolute Gasteiger partial charge is 0.368 e. The first-order valence-corrected chi connectivity index (χ1v) is 5.62. The van der Waals surface area contributed by atoms with E-state index in [1.807, 2.05) is 13.8 Å². The maximum absolute atomic E-state index is 11.9. The number of ether oxygens (including phenoxy) is 1. The predicted octanol–water partition coefficient (Wildman–Crippen LogP) is 1.53. The normalized spacial score (nSPS) is 20.8. The van der Waals surface area contributed by atoms with E-state index in [0.717, 1.165) is 36.3 Å². The number of carbonyl (C=O) groups excluding carboxylic acids is 1. The Kier molecular flexibility index (Phi) is 3.24. The Balaban J connectivity index is 2.01. The molecular weight excluding hydrogens is 206 g/mol. The summed E-state index contributed by atoms with van der Waals surface area (Å²) in [4.78, 5) is 11.9. The van der Waals surface area contributed by atoms with Crippen LogP contribution in [0, 0.1) is 13.8 Å². The number of amides is 1. The van der Waals surface area contributed by atoms with Crippen molar-refractivity contribution in [1.29, 1.82) is 0 Å². The third-order valence-electron chi connectivity index (χ3n) is 2.85. The number of H-pyrrole nitrogens is 1. The van der Waals surface area contributed by atoms with Gasteiger partial charge in [-0.1, -0.05) is 0 Å². The molecule has 1 saturated heterocycles. The van der Waals surface area contributed by atoms with Gasteiger partial charge in [-0.3, -0.25) is 9.89 Å². The first-order valence-electron chi connectivity index (χ1n) is 5.62. The smallest absolute Gasteiger partial charge is 0.253 e. The molecule has 0 spiro atoms. The number of aromatic nitrogens is 2. The third-order valence-corrected chi connectivity index (χ3v) is 2.85. The minimum atomic E-state index is -0.303. The summed E-state index contributed by atoms with van der Waals surface area (Å²) >= 11 is 0. The molecule has 2 rings (SSSR count). The fourth-order valence-electron chi connectivity index (χ4n) is 1.89. The number of nitrogens with one attached hydrogen (secondary N) is 2. The Morgan fingerprint density at radius 3 is 2.88 bits per heavy atom. The molecule has 0 aromatic carbocycles. The van der Waals surface area contributed by atoms with Gasteiger partial charge in [-0.15, -0.1) is 0 Å². The Morgan fingerprint density at radius 1 is 1.50 bits per heavy atom. The lowest BCUT2D eigenvalue weighted by Crippen LogP contribution is -2.33. The zero-order valence-corrected chi connectivity index (χ0v) is 9.67. The van der Waals surface area contributed by atoms with Crippen LogP contribution in [0.4, 0.5) is 5.69 Å². The van der Waals surface area contributed by atoms with Crippen LogP contribution in [0.15, 0.2) is 0 Å². The van der Waals surface area contributed by atoms with E-state index in [9.17, 15) is 4.79 Å². The molecule has 88 valence electrons. The number of anilines is 1. The number of aryl methyl sites for hydroxylation is 2. The fourth-order valence-corrected chi connectivity index (χ4v) is 1.89. The van der Waals surface area contributed by atoms with Gasteiger partial charge in [0.2, 0.25) is 0 Å². The number of nitrogens with zero attached hydrogens (tertiary/aromatic N) is 1. The Bertz CT molecular complexity index is 361. The van der Waals surface area contributed by atoms with E-state index >= 15 is 0 Å². The first-order chi connectivity index (χ1) is 7.68. The highest BCUT2D eigenvalue weighted by Gasteiger charge is 2.23. The zero-order chi connectivity index (χ0) is 11.5. The third kappa shape index (κ3) is 2.24. The van der Waals surface area contributed by atoms with Gasteiger partial charge in [0, 0.05) is 6.61 Å². The summed E-state index contributed by atoms with van der Waals surface area (Å²) < 4.78 is 5.43. The lowest BCUT2D eigenvalue weighted by atomic mass is 10.1. The Morgan fingerprint density at radius 2 is 2.31 bits per heavy atom. The topological polar surface area (TPSA) is 67.0 Å². The molecule has 0 bridgehead atoms. The summed E-state index contributed by atoms with van der Waals surface area (Å²) in [5, 5.41) is 9.74. The molecule has 2 heterocycles. The van der Waals surface area contributed by atoms with Crippen molar-refractivity contribution in [3.63, 3.8) is 0 Å². The maximum Gasteiger partial charge on any atom is 0.253 e. The van der Waals surface area contributed by atoms with Crippen LogP contribution in [0.2, 0.25) is 0 Å². The van der Waals surface area contributed by atoms with Crippen LogP contribution in [0.1, 0.15) is 30.7 Å². The molecule has 0 aliphatic carbocycles. The van der Waals surface area contributed by atoms with Crippen molar-refractivity contribution < 1.29 is 9.53 Å². The number of hydrogen-bond donors (Lipinski definition) is 2. The lowest BCUT2D eigenvalue weighted by Gasteiger charge is -2.21. The average Bonchev–Trinajstić information content (AvgIpc) is 2.62. The molecule has 16 heavy (non-hydrogen) atoms. The molecule has 1 aromatic heterocycles. The summed E-state index contributed by atoms with van der Waals surface area (Å²) in [5.41, 5.74) is 2.46. The monoisotopic (exact) mass is 223 g/mol. The van der Waals surface area contributed by atoms with E-state index < -0.39 is 0 Å². The first kappa shape index (κ1) is 11.1. The van der Waals surface area contributed by atoms with Crippen molar-refractivity contribution in [3.8, 4) is 0 Å². The van der Waals surface area contributed by atoms with Crippen molar-refractivity contribution in [1.82, 2.24) is 10.2 Å². The molecule has 1 aliphatic rings. The molecule has 1 fully saturated rings. The number of aromatic amines is 1. The molecule has 1 aliphatic heterocycles. The van der Waals surface area contributed by atoms with Gasteiger partial charge in [-0.25, -0.2) is 0 Å². The Labute approximate surface area is 94.6 Å². The summed E-state index contributed by atoms with van der Waals surface area (Å²) in [6, 6.07) is 0. The number of carbonyl (C=O) groups is 1. The second-order valence-electron chi connectivity index (χ2n) is 4.15. The average molecular weight is 223 g/mol. The maximum atomic E-state index is 11.9. The van der Waals surface area contributed by atoms with Gasteiger partial charge in [0.25, 0.3) is 5.91 Å². The quantitative estimate of drug-likeness (QED) is 0.799. The highest BCUT2D eigenvalue weighted by molar-refractivity contribution is 5.95. The molecule has 1 atom stereocenters. The minimum Gasteiger partial charge on any atom is -0.368 e. The molecular formula is C11H17N3O2. The molecule has 5 nitrogen and oxygen atoms in total. The van der Waals surface area contributed by atoms with Crippen molar-refractivity contribution >= 4 is 11.6 Å². The van der Waals surface area contributed by atoms with Gasteiger partial charge in [0.15, 0.2) is 0 Å². The summed E-state index contributed by atoms with van der Waals surface area (Å²) in [6.45, 7) is 4.43. The van der Waals surface area contributed by atoms with E-state index in [1.165, 1.54) is 0 Å². The SMILES string of the molecule is Cc1n[nH]c(C)c1NC(=O)C1CCCCO1. The van der Waals surface area contributed by atoms with E-state index in [0.29, 0.717) is 6.61 Å². The van der Waals surface area contributed by atoms with Crippen LogP contribution >= 0.6 is 0 Å².